The summed E-state index contributed by atoms with van der Waals surface area (Å²) >= 11 is 0. The van der Waals surface area contributed by atoms with Gasteiger partial charge in [0.25, 0.3) is 0 Å². The topological polar surface area (TPSA) is 72.5 Å². The van der Waals surface area contributed by atoms with Crippen LogP contribution in [0.2, 0.25) is 0 Å². The number of alkyl carbamates (subject to hydrolysis) is 1. The van der Waals surface area contributed by atoms with Crippen molar-refractivity contribution in [3.05, 3.63) is 35.9 Å². The molecule has 1 N–H and O–H groups in total. The quantitative estimate of drug-likeness (QED) is 0.778. The molecule has 5 heteroatoms. The molecule has 138 valence electrons. The molecule has 0 spiro atoms. The van der Waals surface area contributed by atoms with E-state index in [1.165, 1.54) is 6.92 Å². The van der Waals surface area contributed by atoms with Crippen LogP contribution < -0.4 is 5.32 Å². The van der Waals surface area contributed by atoms with Gasteiger partial charge in [-0.05, 0) is 46.1 Å². The maximum Gasteiger partial charge on any atom is 0.408 e. The van der Waals surface area contributed by atoms with Gasteiger partial charge >= 0.3 is 6.09 Å². The molecule has 2 atom stereocenters. The summed E-state index contributed by atoms with van der Waals surface area (Å²) in [5.74, 6) is -0.538. The fourth-order valence-corrected chi connectivity index (χ4v) is 2.31. The van der Waals surface area contributed by atoms with E-state index >= 15 is 0 Å². The minimum Gasteiger partial charge on any atom is -0.444 e. The molecule has 0 saturated heterocycles. The highest BCUT2D eigenvalue weighted by atomic mass is 16.6. The fraction of sp³-hybridized carbons (Fsp3) is 0.550. The lowest BCUT2D eigenvalue weighted by atomic mass is 9.94. The molecule has 0 aliphatic carbocycles. The lowest BCUT2D eigenvalue weighted by Gasteiger charge is -2.23. The monoisotopic (exact) mass is 347 g/mol. The first-order chi connectivity index (χ1) is 11.6. The number of Topliss-reactive ketones (excluding diaryl/α,β-unsaturated/α-hetero) is 2. The Morgan fingerprint density at radius 1 is 1.12 bits per heavy atom. The third kappa shape index (κ3) is 8.47. The Hall–Kier alpha value is -2.17. The number of aryl methyl sites for hydroxylation is 1. The average molecular weight is 347 g/mol. The second-order valence-corrected chi connectivity index (χ2v) is 7.41. The third-order valence-corrected chi connectivity index (χ3v) is 3.85. The number of ketones is 2. The van der Waals surface area contributed by atoms with Crippen molar-refractivity contribution in [3.63, 3.8) is 0 Å². The van der Waals surface area contributed by atoms with Gasteiger partial charge in [-0.1, -0.05) is 37.3 Å². The van der Waals surface area contributed by atoms with Crippen molar-refractivity contribution in [1.82, 2.24) is 5.32 Å². The highest BCUT2D eigenvalue weighted by Gasteiger charge is 2.26. The van der Waals surface area contributed by atoms with Crippen LogP contribution in [0.5, 0.6) is 0 Å². The zero-order chi connectivity index (χ0) is 19.0. The molecule has 1 rings (SSSR count). The van der Waals surface area contributed by atoms with Crippen LogP contribution in [0.3, 0.4) is 0 Å². The van der Waals surface area contributed by atoms with Crippen LogP contribution in [0.1, 0.15) is 53.0 Å². The van der Waals surface area contributed by atoms with Gasteiger partial charge < -0.3 is 10.1 Å². The largest absolute Gasteiger partial charge is 0.444 e. The van der Waals surface area contributed by atoms with E-state index in [0.717, 1.165) is 5.56 Å². The van der Waals surface area contributed by atoms with Crippen LogP contribution in [0.4, 0.5) is 4.79 Å². The molecule has 1 aromatic rings. The fourth-order valence-electron chi connectivity index (χ4n) is 2.31. The van der Waals surface area contributed by atoms with Gasteiger partial charge in [0.15, 0.2) is 5.78 Å². The molecule has 1 aromatic carbocycles. The van der Waals surface area contributed by atoms with E-state index in [1.54, 1.807) is 27.7 Å². The molecule has 0 bridgehead atoms. The summed E-state index contributed by atoms with van der Waals surface area (Å²) in [7, 11) is 0. The first-order valence-electron chi connectivity index (χ1n) is 8.65. The minimum atomic E-state index is -0.670. The molecule has 0 fully saturated rings. The molecule has 0 heterocycles. The van der Waals surface area contributed by atoms with Crippen molar-refractivity contribution in [2.45, 2.75) is 65.5 Å². The lowest BCUT2D eigenvalue weighted by molar-refractivity contribution is -0.127. The molecule has 0 aliphatic rings. The molecule has 0 saturated carbocycles. The van der Waals surface area contributed by atoms with Crippen molar-refractivity contribution in [2.75, 3.05) is 0 Å². The molecule has 1 amide bonds. The van der Waals surface area contributed by atoms with Crippen LogP contribution in [0, 0.1) is 5.92 Å². The number of benzene rings is 1. The van der Waals surface area contributed by atoms with Gasteiger partial charge in [-0.25, -0.2) is 4.79 Å². The summed E-state index contributed by atoms with van der Waals surface area (Å²) in [6.07, 6.45) is 0.619. The number of hydrogen-bond acceptors (Lipinski definition) is 4. The van der Waals surface area contributed by atoms with E-state index in [2.05, 4.69) is 5.32 Å². The number of carbonyl (C=O) groups excluding carboxylic acids is 3. The van der Waals surface area contributed by atoms with E-state index in [-0.39, 0.29) is 23.9 Å². The van der Waals surface area contributed by atoms with Crippen molar-refractivity contribution in [2.24, 2.45) is 5.92 Å². The molecule has 0 radical (unpaired) electrons. The van der Waals surface area contributed by atoms with Gasteiger partial charge in [-0.2, -0.15) is 0 Å². The van der Waals surface area contributed by atoms with E-state index in [4.69, 9.17) is 4.74 Å². The summed E-state index contributed by atoms with van der Waals surface area (Å²) in [6, 6.07) is 9.09. The Morgan fingerprint density at radius 2 is 1.72 bits per heavy atom. The van der Waals surface area contributed by atoms with Crippen LogP contribution in [0.25, 0.3) is 0 Å². The number of nitrogens with one attached hydrogen (secondary N) is 1. The van der Waals surface area contributed by atoms with Gasteiger partial charge in [0.05, 0.1) is 6.04 Å². The second-order valence-electron chi connectivity index (χ2n) is 7.41. The number of rotatable bonds is 8. The van der Waals surface area contributed by atoms with Gasteiger partial charge in [-0.15, -0.1) is 0 Å². The second kappa shape index (κ2) is 9.35. The molecular formula is C20H29NO4. The predicted molar refractivity (Wildman–Crippen MR) is 97.4 cm³/mol. The highest BCUT2D eigenvalue weighted by Crippen LogP contribution is 2.13. The number of carbonyl (C=O) groups is 3. The van der Waals surface area contributed by atoms with Crippen LogP contribution in [-0.4, -0.2) is 29.3 Å². The maximum atomic E-state index is 12.6. The molecule has 0 aliphatic heterocycles. The van der Waals surface area contributed by atoms with E-state index in [9.17, 15) is 14.4 Å². The summed E-state index contributed by atoms with van der Waals surface area (Å²) in [4.78, 5) is 36.0. The summed E-state index contributed by atoms with van der Waals surface area (Å²) < 4.78 is 5.25. The smallest absolute Gasteiger partial charge is 0.408 e. The summed E-state index contributed by atoms with van der Waals surface area (Å²) in [5.41, 5.74) is 0.454. The SMILES string of the molecule is CC(=O)[C@H](C)CC(=O)[C@@H](CCc1ccccc1)NC(=O)OC(C)(C)C. The van der Waals surface area contributed by atoms with Crippen molar-refractivity contribution in [1.29, 1.82) is 0 Å². The molecule has 0 aromatic heterocycles. The minimum absolute atomic E-state index is 0.0348. The number of ether oxygens (including phenoxy) is 1. The van der Waals surface area contributed by atoms with Crippen LogP contribution >= 0.6 is 0 Å². The predicted octanol–water partition coefficient (Wildman–Crippen LogP) is 3.70. The molecule has 5 nitrogen and oxygen atoms in total. The average Bonchev–Trinajstić information content (AvgIpc) is 2.50. The van der Waals surface area contributed by atoms with E-state index in [1.807, 2.05) is 30.3 Å². The van der Waals surface area contributed by atoms with E-state index < -0.39 is 17.7 Å². The Kier molecular flexibility index (Phi) is 7.81. The lowest BCUT2D eigenvalue weighted by Crippen LogP contribution is -2.44. The zero-order valence-corrected chi connectivity index (χ0v) is 15.8. The van der Waals surface area contributed by atoms with Crippen molar-refractivity contribution < 1.29 is 19.1 Å². The third-order valence-electron chi connectivity index (χ3n) is 3.85. The standard InChI is InChI=1S/C20H29NO4/c1-14(15(2)22)13-18(23)17(21-19(24)25-20(3,4)5)12-11-16-9-7-6-8-10-16/h6-10,14,17H,11-13H2,1-5H3,(H,21,24)/t14-,17-/m1/s1. The molecular weight excluding hydrogens is 318 g/mol. The van der Waals surface area contributed by atoms with Gasteiger partial charge in [0, 0.05) is 12.3 Å². The first kappa shape index (κ1) is 20.9. The molecule has 0 unspecified atom stereocenters. The Morgan fingerprint density at radius 3 is 2.24 bits per heavy atom. The van der Waals surface area contributed by atoms with E-state index in [0.29, 0.717) is 12.8 Å². The van der Waals surface area contributed by atoms with Crippen LogP contribution in [-0.2, 0) is 20.7 Å². The molecule has 25 heavy (non-hydrogen) atoms. The summed E-state index contributed by atoms with van der Waals surface area (Å²) in [5, 5.41) is 2.67. The zero-order valence-electron chi connectivity index (χ0n) is 15.8. The van der Waals surface area contributed by atoms with Crippen LogP contribution in [0.15, 0.2) is 30.3 Å². The van der Waals surface area contributed by atoms with Gasteiger partial charge in [0.1, 0.15) is 11.4 Å². The highest BCUT2D eigenvalue weighted by molar-refractivity contribution is 5.91. The Labute approximate surface area is 150 Å². The maximum absolute atomic E-state index is 12.6. The van der Waals surface area contributed by atoms with Gasteiger partial charge in [0.2, 0.25) is 0 Å². The first-order valence-corrected chi connectivity index (χ1v) is 8.65. The summed E-state index contributed by atoms with van der Waals surface area (Å²) in [6.45, 7) is 8.50. The van der Waals surface area contributed by atoms with Gasteiger partial charge in [-0.3, -0.25) is 9.59 Å². The number of amides is 1. The van der Waals surface area contributed by atoms with Crippen molar-refractivity contribution >= 4 is 17.7 Å². The Bertz CT molecular complexity index is 589. The Balaban J connectivity index is 2.76. The van der Waals surface area contributed by atoms with Crippen molar-refractivity contribution in [3.8, 4) is 0 Å². The normalized spacial score (nSPS) is 13.6. The number of hydrogen-bond donors (Lipinski definition) is 1.